The summed E-state index contributed by atoms with van der Waals surface area (Å²) < 4.78 is 15.8. The van der Waals surface area contributed by atoms with Crippen LogP contribution >= 0.6 is 0 Å². The molecule has 0 aliphatic carbocycles. The summed E-state index contributed by atoms with van der Waals surface area (Å²) in [7, 11) is 3.24. The molecular weight excluding hydrogens is 356 g/mol. The molecule has 0 aromatic heterocycles. The van der Waals surface area contributed by atoms with Crippen molar-refractivity contribution in [3.63, 3.8) is 0 Å². The molecule has 0 fully saturated rings. The van der Waals surface area contributed by atoms with E-state index >= 15 is 0 Å². The number of hydrogen-bond donors (Lipinski definition) is 1. The van der Waals surface area contributed by atoms with Gasteiger partial charge in [-0.3, -0.25) is 4.79 Å². The molecule has 28 heavy (non-hydrogen) atoms. The summed E-state index contributed by atoms with van der Waals surface area (Å²) in [6.07, 6.45) is 0. The van der Waals surface area contributed by atoms with Crippen LogP contribution in [0, 0.1) is 0 Å². The third kappa shape index (κ3) is 4.79. The molecule has 0 aliphatic rings. The van der Waals surface area contributed by atoms with Crippen LogP contribution in [0.2, 0.25) is 0 Å². The van der Waals surface area contributed by atoms with Gasteiger partial charge in [-0.05, 0) is 65.7 Å². The number of fused-ring (bicyclic) bond motifs is 1. The third-order valence-corrected chi connectivity index (χ3v) is 4.24. The second kappa shape index (κ2) is 8.90. The molecule has 6 heteroatoms. The van der Waals surface area contributed by atoms with Gasteiger partial charge in [0.25, 0.3) is 5.91 Å². The Labute approximate surface area is 163 Å². The van der Waals surface area contributed by atoms with Crippen LogP contribution in [-0.2, 0) is 4.79 Å². The molecule has 0 radical (unpaired) electrons. The van der Waals surface area contributed by atoms with E-state index in [1.807, 2.05) is 43.3 Å². The van der Waals surface area contributed by atoms with Gasteiger partial charge in [-0.1, -0.05) is 18.2 Å². The van der Waals surface area contributed by atoms with Crippen LogP contribution in [0.15, 0.2) is 65.8 Å². The summed E-state index contributed by atoms with van der Waals surface area (Å²) in [5.41, 5.74) is 4.15. The third-order valence-electron chi connectivity index (χ3n) is 4.24. The van der Waals surface area contributed by atoms with Crippen LogP contribution in [0.3, 0.4) is 0 Å². The van der Waals surface area contributed by atoms with Gasteiger partial charge >= 0.3 is 0 Å². The molecule has 1 amide bonds. The van der Waals surface area contributed by atoms with Crippen LogP contribution in [-0.4, -0.2) is 32.4 Å². The summed E-state index contributed by atoms with van der Waals surface area (Å²) in [4.78, 5) is 12.0. The molecule has 1 N–H and O–H groups in total. The van der Waals surface area contributed by atoms with Crippen molar-refractivity contribution in [2.75, 3.05) is 20.8 Å². The summed E-state index contributed by atoms with van der Waals surface area (Å²) in [5.74, 6) is 1.79. The van der Waals surface area contributed by atoms with Crippen molar-refractivity contribution in [3.05, 3.63) is 66.2 Å². The highest BCUT2D eigenvalue weighted by Crippen LogP contribution is 2.22. The van der Waals surface area contributed by atoms with Crippen LogP contribution in [0.5, 0.6) is 17.2 Å². The molecule has 0 spiro atoms. The average Bonchev–Trinajstić information content (AvgIpc) is 2.75. The number of nitrogens with zero attached hydrogens (tertiary/aromatic N) is 1. The van der Waals surface area contributed by atoms with Crippen molar-refractivity contribution in [3.8, 4) is 17.2 Å². The molecule has 6 nitrogen and oxygen atoms in total. The van der Waals surface area contributed by atoms with Gasteiger partial charge in [-0.2, -0.15) is 5.10 Å². The molecule has 0 aliphatic heterocycles. The first kappa shape index (κ1) is 19.2. The number of ether oxygens (including phenoxy) is 3. The zero-order valence-electron chi connectivity index (χ0n) is 16.1. The Hall–Kier alpha value is -3.54. The van der Waals surface area contributed by atoms with Crippen molar-refractivity contribution in [1.29, 1.82) is 0 Å². The number of methoxy groups -OCH3 is 2. The van der Waals surface area contributed by atoms with Crippen LogP contribution in [0.25, 0.3) is 10.8 Å². The maximum absolute atomic E-state index is 12.0. The zero-order chi connectivity index (χ0) is 19.9. The maximum atomic E-state index is 12.0. The van der Waals surface area contributed by atoms with E-state index in [4.69, 9.17) is 14.2 Å². The Morgan fingerprint density at radius 1 is 0.857 bits per heavy atom. The van der Waals surface area contributed by atoms with Crippen LogP contribution in [0.1, 0.15) is 12.5 Å². The van der Waals surface area contributed by atoms with E-state index in [-0.39, 0.29) is 12.5 Å². The van der Waals surface area contributed by atoms with E-state index in [1.54, 1.807) is 38.5 Å². The van der Waals surface area contributed by atoms with Gasteiger partial charge in [0.05, 0.1) is 19.9 Å². The Morgan fingerprint density at radius 2 is 1.46 bits per heavy atom. The standard InChI is InChI=1S/C22H22N2O4/c1-15(16-4-5-18-13-21(27-3)7-6-17(18)12-16)23-24-22(25)14-28-20-10-8-19(26-2)9-11-20/h4-13H,14H2,1-3H3,(H,24,25)/b23-15-. The first-order chi connectivity index (χ1) is 13.6. The minimum absolute atomic E-state index is 0.124. The van der Waals surface area contributed by atoms with Crippen LogP contribution in [0.4, 0.5) is 0 Å². The highest BCUT2D eigenvalue weighted by atomic mass is 16.5. The number of rotatable bonds is 7. The van der Waals surface area contributed by atoms with Crippen molar-refractivity contribution in [2.45, 2.75) is 6.92 Å². The van der Waals surface area contributed by atoms with Gasteiger partial charge in [0, 0.05) is 0 Å². The lowest BCUT2D eigenvalue weighted by Crippen LogP contribution is -2.25. The smallest absolute Gasteiger partial charge is 0.277 e. The topological polar surface area (TPSA) is 69.2 Å². The number of nitrogens with one attached hydrogen (secondary N) is 1. The van der Waals surface area contributed by atoms with Gasteiger partial charge in [-0.15, -0.1) is 0 Å². The highest BCUT2D eigenvalue weighted by Gasteiger charge is 2.05. The quantitative estimate of drug-likeness (QED) is 0.502. The molecule has 0 unspecified atom stereocenters. The SMILES string of the molecule is COc1ccc(OCC(=O)N/N=C(/C)c2ccc3cc(OC)ccc3c2)cc1. The number of carbonyl (C=O) groups excluding carboxylic acids is 1. The number of hydrogen-bond acceptors (Lipinski definition) is 5. The van der Waals surface area contributed by atoms with Crippen molar-refractivity contribution in [2.24, 2.45) is 5.10 Å². The second-order valence-electron chi connectivity index (χ2n) is 6.12. The van der Waals surface area contributed by atoms with Gasteiger partial charge < -0.3 is 14.2 Å². The zero-order valence-corrected chi connectivity index (χ0v) is 16.1. The number of benzene rings is 3. The lowest BCUT2D eigenvalue weighted by Gasteiger charge is -2.07. The molecule has 0 saturated carbocycles. The summed E-state index contributed by atoms with van der Waals surface area (Å²) >= 11 is 0. The van der Waals surface area contributed by atoms with Gasteiger partial charge in [0.15, 0.2) is 6.61 Å². The van der Waals surface area contributed by atoms with E-state index in [0.717, 1.165) is 27.8 Å². The monoisotopic (exact) mass is 378 g/mol. The summed E-state index contributed by atoms with van der Waals surface area (Å²) in [6.45, 7) is 1.72. The number of hydrazone groups is 1. The fourth-order valence-electron chi connectivity index (χ4n) is 2.64. The van der Waals surface area contributed by atoms with Crippen molar-refractivity contribution in [1.82, 2.24) is 5.43 Å². The maximum Gasteiger partial charge on any atom is 0.277 e. The van der Waals surface area contributed by atoms with E-state index in [2.05, 4.69) is 10.5 Å². The van der Waals surface area contributed by atoms with Gasteiger partial charge in [0.2, 0.25) is 0 Å². The van der Waals surface area contributed by atoms with E-state index < -0.39 is 0 Å². The molecule has 0 saturated heterocycles. The van der Waals surface area contributed by atoms with E-state index in [0.29, 0.717) is 11.5 Å². The van der Waals surface area contributed by atoms with Crippen LogP contribution < -0.4 is 19.6 Å². The fraction of sp³-hybridized carbons (Fsp3) is 0.182. The Kier molecular flexibility index (Phi) is 6.11. The first-order valence-electron chi connectivity index (χ1n) is 8.77. The molecule has 0 heterocycles. The fourth-order valence-corrected chi connectivity index (χ4v) is 2.64. The molecular formula is C22H22N2O4. The minimum Gasteiger partial charge on any atom is -0.497 e. The summed E-state index contributed by atoms with van der Waals surface area (Å²) in [5, 5.41) is 6.31. The first-order valence-corrected chi connectivity index (χ1v) is 8.77. The molecule has 3 aromatic carbocycles. The highest BCUT2D eigenvalue weighted by molar-refractivity contribution is 6.02. The predicted molar refractivity (Wildman–Crippen MR) is 109 cm³/mol. The second-order valence-corrected chi connectivity index (χ2v) is 6.12. The molecule has 0 atom stereocenters. The molecule has 3 aromatic rings. The summed E-state index contributed by atoms with van der Waals surface area (Å²) in [6, 6.07) is 18.9. The van der Waals surface area contributed by atoms with Crippen molar-refractivity contribution >= 4 is 22.4 Å². The largest absolute Gasteiger partial charge is 0.497 e. The Morgan fingerprint density at radius 3 is 2.18 bits per heavy atom. The number of amides is 1. The molecule has 144 valence electrons. The van der Waals surface area contributed by atoms with Crippen molar-refractivity contribution < 1.29 is 19.0 Å². The number of carbonyl (C=O) groups is 1. The lowest BCUT2D eigenvalue weighted by molar-refractivity contribution is -0.123. The normalized spacial score (nSPS) is 11.2. The lowest BCUT2D eigenvalue weighted by atomic mass is 10.0. The van der Waals surface area contributed by atoms with E-state index in [1.165, 1.54) is 0 Å². The van der Waals surface area contributed by atoms with Gasteiger partial charge in [-0.25, -0.2) is 5.43 Å². The van der Waals surface area contributed by atoms with Gasteiger partial charge in [0.1, 0.15) is 17.2 Å². The molecule has 3 rings (SSSR count). The Bertz CT molecular complexity index is 997. The average molecular weight is 378 g/mol. The molecule has 0 bridgehead atoms. The predicted octanol–water partition coefficient (Wildman–Crippen LogP) is 3.78. The Balaban J connectivity index is 1.59. The minimum atomic E-state index is -0.333. The van der Waals surface area contributed by atoms with E-state index in [9.17, 15) is 4.79 Å².